The van der Waals surface area contributed by atoms with Gasteiger partial charge in [0.1, 0.15) is 0 Å². The molecule has 0 spiro atoms. The quantitative estimate of drug-likeness (QED) is 0.893. The van der Waals surface area contributed by atoms with Crippen LogP contribution < -0.4 is 4.72 Å². The van der Waals surface area contributed by atoms with Gasteiger partial charge in [-0.25, -0.2) is 13.1 Å². The largest absolute Gasteiger partial charge is 0.438 e. The van der Waals surface area contributed by atoms with Crippen molar-refractivity contribution in [1.29, 1.82) is 0 Å². The van der Waals surface area contributed by atoms with Crippen LogP contribution in [0.2, 0.25) is 5.02 Å². The van der Waals surface area contributed by atoms with E-state index in [1.165, 1.54) is 24.1 Å². The second-order valence-corrected chi connectivity index (χ2v) is 7.22. The van der Waals surface area contributed by atoms with E-state index >= 15 is 0 Å². The summed E-state index contributed by atoms with van der Waals surface area (Å²) in [6, 6.07) is 9.52. The molecule has 0 saturated carbocycles. The molecule has 1 N–H and O–H groups in total. The zero-order chi connectivity index (χ0) is 17.2. The summed E-state index contributed by atoms with van der Waals surface area (Å²) in [5.41, 5.74) is 0.903. The summed E-state index contributed by atoms with van der Waals surface area (Å²) in [7, 11) is -0.823. The standard InChI is InChI=1S/C15H17ClN2O4S/c1-10(11-4-6-12(16)7-5-11)18(3)15(19)13-8-9-14(22-13)23(20,21)17-2/h4-10,17H,1-3H3. The van der Waals surface area contributed by atoms with Crippen molar-refractivity contribution in [3.63, 3.8) is 0 Å². The van der Waals surface area contributed by atoms with E-state index < -0.39 is 15.9 Å². The average molecular weight is 357 g/mol. The van der Waals surface area contributed by atoms with Crippen LogP contribution in [0.1, 0.15) is 29.1 Å². The molecule has 0 aliphatic rings. The first-order valence-electron chi connectivity index (χ1n) is 6.82. The molecule has 1 heterocycles. The molecule has 0 bridgehead atoms. The number of furan rings is 1. The van der Waals surface area contributed by atoms with Crippen molar-refractivity contribution in [2.45, 2.75) is 18.1 Å². The number of halogens is 1. The lowest BCUT2D eigenvalue weighted by molar-refractivity contribution is 0.0704. The summed E-state index contributed by atoms with van der Waals surface area (Å²) >= 11 is 5.86. The lowest BCUT2D eigenvalue weighted by Gasteiger charge is -2.24. The molecule has 1 aromatic carbocycles. The van der Waals surface area contributed by atoms with Gasteiger partial charge < -0.3 is 9.32 Å². The van der Waals surface area contributed by atoms with E-state index in [4.69, 9.17) is 16.0 Å². The Kier molecular flexibility index (Phi) is 5.13. The maximum Gasteiger partial charge on any atom is 0.289 e. The summed E-state index contributed by atoms with van der Waals surface area (Å²) in [6.45, 7) is 1.86. The highest BCUT2D eigenvalue weighted by molar-refractivity contribution is 7.89. The van der Waals surface area contributed by atoms with E-state index in [1.807, 2.05) is 19.1 Å². The van der Waals surface area contributed by atoms with Gasteiger partial charge in [0.15, 0.2) is 5.76 Å². The van der Waals surface area contributed by atoms with Gasteiger partial charge in [0.2, 0.25) is 5.09 Å². The maximum absolute atomic E-state index is 12.4. The molecule has 1 aromatic heterocycles. The molecular weight excluding hydrogens is 340 g/mol. The number of hydrogen-bond donors (Lipinski definition) is 1. The van der Waals surface area contributed by atoms with Crippen LogP contribution in [0.3, 0.4) is 0 Å². The molecule has 2 aromatic rings. The molecule has 6 nitrogen and oxygen atoms in total. The Bertz CT molecular complexity index is 799. The molecule has 0 saturated heterocycles. The third kappa shape index (κ3) is 3.74. The Labute approximate surface area is 140 Å². The van der Waals surface area contributed by atoms with E-state index in [0.29, 0.717) is 5.02 Å². The summed E-state index contributed by atoms with van der Waals surface area (Å²) in [6.07, 6.45) is 0. The number of hydrogen-bond acceptors (Lipinski definition) is 4. The minimum Gasteiger partial charge on any atom is -0.438 e. The van der Waals surface area contributed by atoms with Gasteiger partial charge >= 0.3 is 0 Å². The summed E-state index contributed by atoms with van der Waals surface area (Å²) in [5.74, 6) is -0.452. The Morgan fingerprint density at radius 2 is 1.83 bits per heavy atom. The van der Waals surface area contributed by atoms with Crippen molar-refractivity contribution in [3.05, 3.63) is 52.7 Å². The third-order valence-corrected chi connectivity index (χ3v) is 5.12. The van der Waals surface area contributed by atoms with Crippen LogP contribution in [-0.4, -0.2) is 33.3 Å². The topological polar surface area (TPSA) is 79.6 Å². The van der Waals surface area contributed by atoms with Crippen LogP contribution >= 0.6 is 11.6 Å². The average Bonchev–Trinajstić information content (AvgIpc) is 3.04. The number of nitrogens with zero attached hydrogens (tertiary/aromatic N) is 1. The van der Waals surface area contributed by atoms with Gasteiger partial charge in [0.05, 0.1) is 6.04 Å². The third-order valence-electron chi connectivity index (χ3n) is 3.58. The van der Waals surface area contributed by atoms with Crippen LogP contribution in [0.25, 0.3) is 0 Å². The van der Waals surface area contributed by atoms with Gasteiger partial charge in [-0.1, -0.05) is 23.7 Å². The van der Waals surface area contributed by atoms with Crippen LogP contribution in [-0.2, 0) is 10.0 Å². The molecule has 0 fully saturated rings. The number of rotatable bonds is 5. The lowest BCUT2D eigenvalue weighted by atomic mass is 10.1. The molecule has 1 unspecified atom stereocenters. The first-order valence-corrected chi connectivity index (χ1v) is 8.68. The highest BCUT2D eigenvalue weighted by Gasteiger charge is 2.24. The molecule has 1 atom stereocenters. The number of sulfonamides is 1. The van der Waals surface area contributed by atoms with E-state index in [0.717, 1.165) is 5.56 Å². The van der Waals surface area contributed by atoms with Crippen molar-refractivity contribution < 1.29 is 17.6 Å². The Balaban J connectivity index is 2.21. The van der Waals surface area contributed by atoms with Crippen molar-refractivity contribution in [2.75, 3.05) is 14.1 Å². The Morgan fingerprint density at radius 1 is 1.22 bits per heavy atom. The fraction of sp³-hybridized carbons (Fsp3) is 0.267. The van der Waals surface area contributed by atoms with Gasteiger partial charge in [-0.05, 0) is 43.8 Å². The van der Waals surface area contributed by atoms with Crippen molar-refractivity contribution >= 4 is 27.5 Å². The lowest BCUT2D eigenvalue weighted by Crippen LogP contribution is -2.29. The van der Waals surface area contributed by atoms with Crippen LogP contribution in [0, 0.1) is 0 Å². The first-order chi connectivity index (χ1) is 10.8. The molecule has 8 heteroatoms. The number of carbonyl (C=O) groups is 1. The van der Waals surface area contributed by atoms with Gasteiger partial charge in [-0.2, -0.15) is 0 Å². The van der Waals surface area contributed by atoms with Crippen LogP contribution in [0.4, 0.5) is 0 Å². The smallest absolute Gasteiger partial charge is 0.289 e. The summed E-state index contributed by atoms with van der Waals surface area (Å²) < 4.78 is 30.6. The number of carbonyl (C=O) groups excluding carboxylic acids is 1. The predicted molar refractivity (Wildman–Crippen MR) is 86.9 cm³/mol. The molecule has 23 heavy (non-hydrogen) atoms. The van der Waals surface area contributed by atoms with Crippen molar-refractivity contribution in [1.82, 2.24) is 9.62 Å². The van der Waals surface area contributed by atoms with Crippen molar-refractivity contribution in [3.8, 4) is 0 Å². The second kappa shape index (κ2) is 6.74. The predicted octanol–water partition coefficient (Wildman–Crippen LogP) is 2.67. The molecule has 1 amide bonds. The summed E-state index contributed by atoms with van der Waals surface area (Å²) in [4.78, 5) is 13.9. The SMILES string of the molecule is CNS(=O)(=O)c1ccc(C(=O)N(C)C(C)c2ccc(Cl)cc2)o1. The van der Waals surface area contributed by atoms with Crippen LogP contribution in [0.5, 0.6) is 0 Å². The van der Waals surface area contributed by atoms with Gasteiger partial charge in [0, 0.05) is 12.1 Å². The number of nitrogens with one attached hydrogen (secondary N) is 1. The van der Waals surface area contributed by atoms with Crippen molar-refractivity contribution in [2.24, 2.45) is 0 Å². The number of amides is 1. The molecule has 124 valence electrons. The first kappa shape index (κ1) is 17.5. The molecule has 2 rings (SSSR count). The molecule has 0 radical (unpaired) electrons. The molecule has 0 aliphatic heterocycles. The second-order valence-electron chi connectivity index (χ2n) is 4.97. The fourth-order valence-corrected chi connectivity index (χ4v) is 2.77. The van der Waals surface area contributed by atoms with E-state index in [9.17, 15) is 13.2 Å². The summed E-state index contributed by atoms with van der Waals surface area (Å²) in [5, 5.41) is 0.318. The Hall–Kier alpha value is -1.83. The van der Waals surface area contributed by atoms with Gasteiger partial charge in [0.25, 0.3) is 15.9 Å². The van der Waals surface area contributed by atoms with Crippen LogP contribution in [0.15, 0.2) is 45.9 Å². The van der Waals surface area contributed by atoms with E-state index in [2.05, 4.69) is 4.72 Å². The fourth-order valence-electron chi connectivity index (χ4n) is 1.99. The molecule has 0 aliphatic carbocycles. The van der Waals surface area contributed by atoms with Gasteiger partial charge in [-0.3, -0.25) is 4.79 Å². The molecular formula is C15H17ClN2O4S. The highest BCUT2D eigenvalue weighted by Crippen LogP contribution is 2.23. The normalized spacial score (nSPS) is 12.9. The van der Waals surface area contributed by atoms with E-state index in [-0.39, 0.29) is 16.9 Å². The maximum atomic E-state index is 12.4. The van der Waals surface area contributed by atoms with E-state index in [1.54, 1.807) is 19.2 Å². The minimum atomic E-state index is -3.72. The zero-order valence-corrected chi connectivity index (χ0v) is 14.5. The Morgan fingerprint density at radius 3 is 2.39 bits per heavy atom. The number of benzene rings is 1. The monoisotopic (exact) mass is 356 g/mol. The highest BCUT2D eigenvalue weighted by atomic mass is 35.5. The minimum absolute atomic E-state index is 0.0397. The zero-order valence-electron chi connectivity index (χ0n) is 12.9. The van der Waals surface area contributed by atoms with Gasteiger partial charge in [-0.15, -0.1) is 0 Å².